The number of urea groups is 1. The van der Waals surface area contributed by atoms with Gasteiger partial charge in [0.25, 0.3) is 0 Å². The van der Waals surface area contributed by atoms with Crippen LogP contribution < -0.4 is 0 Å². The average molecular weight is 266 g/mol. The van der Waals surface area contributed by atoms with Crippen molar-refractivity contribution in [1.82, 2.24) is 9.80 Å². The van der Waals surface area contributed by atoms with Crippen molar-refractivity contribution < 1.29 is 14.7 Å². The highest BCUT2D eigenvalue weighted by Crippen LogP contribution is 2.26. The Balaban J connectivity index is 2.06. The summed E-state index contributed by atoms with van der Waals surface area (Å²) in [5, 5.41) is 9.34. The van der Waals surface area contributed by atoms with Gasteiger partial charge in [0.15, 0.2) is 0 Å². The van der Waals surface area contributed by atoms with Crippen molar-refractivity contribution in [1.29, 1.82) is 0 Å². The maximum atomic E-state index is 12.4. The fraction of sp³-hybridized carbons (Fsp3) is 0.714. The molecule has 1 fully saturated rings. The summed E-state index contributed by atoms with van der Waals surface area (Å²) in [5.41, 5.74) is 0. The third-order valence-corrected chi connectivity index (χ3v) is 4.15. The third-order valence-electron chi connectivity index (χ3n) is 4.15. The molecule has 1 N–H and O–H groups in total. The van der Waals surface area contributed by atoms with E-state index in [0.717, 1.165) is 19.3 Å². The maximum absolute atomic E-state index is 12.4. The Kier molecular flexibility index (Phi) is 4.45. The van der Waals surface area contributed by atoms with Gasteiger partial charge >= 0.3 is 12.0 Å². The minimum Gasteiger partial charge on any atom is -0.480 e. The highest BCUT2D eigenvalue weighted by Gasteiger charge is 2.37. The highest BCUT2D eigenvalue weighted by atomic mass is 16.4. The average Bonchev–Trinajstić information content (AvgIpc) is 2.46. The molecular weight excluding hydrogens is 244 g/mol. The lowest BCUT2D eigenvalue weighted by Gasteiger charge is -2.40. The van der Waals surface area contributed by atoms with Crippen LogP contribution in [-0.2, 0) is 4.79 Å². The Labute approximate surface area is 113 Å². The summed E-state index contributed by atoms with van der Waals surface area (Å²) in [5.74, 6) is -0.453. The van der Waals surface area contributed by atoms with Crippen LogP contribution >= 0.6 is 0 Å². The number of piperidine rings is 1. The summed E-state index contributed by atoms with van der Waals surface area (Å²) >= 11 is 0. The first kappa shape index (κ1) is 13.9. The SMILES string of the molecule is CCC1CCN(C(=O)N2CC=CCC2)C(C(=O)O)C1. The van der Waals surface area contributed by atoms with Crippen LogP contribution in [0.2, 0.25) is 0 Å². The standard InChI is InChI=1S/C14H22N2O3/c1-2-11-6-9-16(12(10-11)13(17)18)14(19)15-7-4-3-5-8-15/h3-4,11-12H,2,5-10H2,1H3,(H,17,18). The molecule has 19 heavy (non-hydrogen) atoms. The number of carbonyl (C=O) groups is 2. The van der Waals surface area contributed by atoms with Crippen molar-refractivity contribution in [2.24, 2.45) is 5.92 Å². The van der Waals surface area contributed by atoms with Crippen molar-refractivity contribution in [3.63, 3.8) is 0 Å². The molecule has 2 heterocycles. The number of likely N-dealkylation sites (tertiary alicyclic amines) is 1. The molecule has 0 aliphatic carbocycles. The van der Waals surface area contributed by atoms with Gasteiger partial charge in [0.05, 0.1) is 0 Å². The Bertz CT molecular complexity index is 381. The van der Waals surface area contributed by atoms with E-state index in [2.05, 4.69) is 13.0 Å². The summed E-state index contributed by atoms with van der Waals surface area (Å²) < 4.78 is 0. The zero-order valence-corrected chi connectivity index (χ0v) is 11.4. The van der Waals surface area contributed by atoms with Crippen molar-refractivity contribution in [2.75, 3.05) is 19.6 Å². The first-order valence-corrected chi connectivity index (χ1v) is 7.06. The number of carbonyl (C=O) groups excluding carboxylic acids is 1. The molecule has 2 aliphatic heterocycles. The highest BCUT2D eigenvalue weighted by molar-refractivity contribution is 5.83. The van der Waals surface area contributed by atoms with Gasteiger partial charge < -0.3 is 14.9 Å². The van der Waals surface area contributed by atoms with Gasteiger partial charge in [0, 0.05) is 19.6 Å². The van der Waals surface area contributed by atoms with Gasteiger partial charge in [0.2, 0.25) is 0 Å². The Hall–Kier alpha value is -1.52. The molecular formula is C14H22N2O3. The molecule has 5 nitrogen and oxygen atoms in total. The van der Waals surface area contributed by atoms with E-state index < -0.39 is 12.0 Å². The van der Waals surface area contributed by atoms with Gasteiger partial charge in [-0.15, -0.1) is 0 Å². The zero-order valence-electron chi connectivity index (χ0n) is 11.4. The quantitative estimate of drug-likeness (QED) is 0.777. The number of carboxylic acid groups (broad SMARTS) is 1. The summed E-state index contributed by atoms with van der Waals surface area (Å²) in [6, 6.07) is -0.775. The van der Waals surface area contributed by atoms with E-state index in [-0.39, 0.29) is 6.03 Å². The van der Waals surface area contributed by atoms with Crippen LogP contribution in [0.15, 0.2) is 12.2 Å². The number of hydrogen-bond donors (Lipinski definition) is 1. The molecule has 0 aromatic heterocycles. The molecule has 2 aliphatic rings. The summed E-state index contributed by atoms with van der Waals surface area (Å²) in [7, 11) is 0. The first-order valence-electron chi connectivity index (χ1n) is 7.06. The molecule has 0 aromatic rings. The second kappa shape index (κ2) is 6.08. The van der Waals surface area contributed by atoms with Crippen LogP contribution in [0.3, 0.4) is 0 Å². The molecule has 0 radical (unpaired) electrons. The van der Waals surface area contributed by atoms with Crippen molar-refractivity contribution in [2.45, 2.75) is 38.6 Å². The van der Waals surface area contributed by atoms with Crippen LogP contribution in [0.4, 0.5) is 4.79 Å². The van der Waals surface area contributed by atoms with E-state index >= 15 is 0 Å². The van der Waals surface area contributed by atoms with Crippen molar-refractivity contribution >= 4 is 12.0 Å². The Morgan fingerprint density at radius 1 is 1.32 bits per heavy atom. The van der Waals surface area contributed by atoms with E-state index in [1.807, 2.05) is 6.08 Å². The zero-order chi connectivity index (χ0) is 13.8. The lowest BCUT2D eigenvalue weighted by molar-refractivity contribution is -0.144. The van der Waals surface area contributed by atoms with Crippen molar-refractivity contribution in [3.8, 4) is 0 Å². The van der Waals surface area contributed by atoms with E-state index in [1.165, 1.54) is 0 Å². The van der Waals surface area contributed by atoms with Crippen LogP contribution in [-0.4, -0.2) is 52.6 Å². The van der Waals surface area contributed by atoms with Crippen LogP contribution in [0, 0.1) is 5.92 Å². The van der Waals surface area contributed by atoms with Gasteiger partial charge in [-0.25, -0.2) is 9.59 Å². The first-order chi connectivity index (χ1) is 9.13. The molecule has 0 saturated carbocycles. The Morgan fingerprint density at radius 2 is 2.11 bits per heavy atom. The molecule has 5 heteroatoms. The minimum absolute atomic E-state index is 0.119. The van der Waals surface area contributed by atoms with Gasteiger partial charge in [-0.05, 0) is 25.2 Å². The molecule has 2 amide bonds. The number of aliphatic carboxylic acids is 1. The third kappa shape index (κ3) is 3.08. The van der Waals surface area contributed by atoms with Crippen LogP contribution in [0.25, 0.3) is 0 Å². The van der Waals surface area contributed by atoms with Gasteiger partial charge in [0.1, 0.15) is 6.04 Å². The molecule has 106 valence electrons. The number of carboxylic acids is 1. The smallest absolute Gasteiger partial charge is 0.326 e. The summed E-state index contributed by atoms with van der Waals surface area (Å²) in [4.78, 5) is 27.1. The second-order valence-electron chi connectivity index (χ2n) is 5.33. The van der Waals surface area contributed by atoms with Gasteiger partial charge in [-0.2, -0.15) is 0 Å². The van der Waals surface area contributed by atoms with Crippen LogP contribution in [0.5, 0.6) is 0 Å². The molecule has 2 rings (SSSR count). The maximum Gasteiger partial charge on any atom is 0.326 e. The van der Waals surface area contributed by atoms with Gasteiger partial charge in [-0.3, -0.25) is 0 Å². The fourth-order valence-electron chi connectivity index (χ4n) is 2.87. The predicted molar refractivity (Wildman–Crippen MR) is 71.9 cm³/mol. The fourth-order valence-corrected chi connectivity index (χ4v) is 2.87. The number of hydrogen-bond acceptors (Lipinski definition) is 2. The Morgan fingerprint density at radius 3 is 2.68 bits per heavy atom. The largest absolute Gasteiger partial charge is 0.480 e. The van der Waals surface area contributed by atoms with Crippen LogP contribution in [0.1, 0.15) is 32.6 Å². The number of rotatable bonds is 2. The van der Waals surface area contributed by atoms with Crippen molar-refractivity contribution in [3.05, 3.63) is 12.2 Å². The van der Waals surface area contributed by atoms with Gasteiger partial charge in [-0.1, -0.05) is 25.5 Å². The molecule has 1 saturated heterocycles. The monoisotopic (exact) mass is 266 g/mol. The lowest BCUT2D eigenvalue weighted by atomic mass is 9.89. The number of nitrogens with zero attached hydrogens (tertiary/aromatic N) is 2. The molecule has 0 aromatic carbocycles. The summed E-state index contributed by atoms with van der Waals surface area (Å²) in [6.07, 6.45) is 7.36. The van der Waals surface area contributed by atoms with E-state index in [0.29, 0.717) is 32.0 Å². The summed E-state index contributed by atoms with van der Waals surface area (Å²) in [6.45, 7) is 3.93. The van der Waals surface area contributed by atoms with E-state index in [9.17, 15) is 14.7 Å². The molecule has 0 spiro atoms. The predicted octanol–water partition coefficient (Wildman–Crippen LogP) is 1.94. The minimum atomic E-state index is -0.876. The van der Waals surface area contributed by atoms with E-state index in [1.54, 1.807) is 9.80 Å². The molecule has 2 atom stereocenters. The number of amides is 2. The van der Waals surface area contributed by atoms with E-state index in [4.69, 9.17) is 0 Å². The molecule has 2 unspecified atom stereocenters. The normalized spacial score (nSPS) is 27.4. The molecule has 0 bridgehead atoms. The second-order valence-corrected chi connectivity index (χ2v) is 5.33. The lowest BCUT2D eigenvalue weighted by Crippen LogP contribution is -2.55. The topological polar surface area (TPSA) is 60.9 Å².